The Balaban J connectivity index is 1.19. The zero-order chi connectivity index (χ0) is 17.8. The van der Waals surface area contributed by atoms with E-state index in [1.165, 1.54) is 44.1 Å². The van der Waals surface area contributed by atoms with Crippen molar-refractivity contribution in [2.75, 3.05) is 26.3 Å². The van der Waals surface area contributed by atoms with Crippen LogP contribution in [0.25, 0.3) is 0 Å². The van der Waals surface area contributed by atoms with Crippen molar-refractivity contribution < 1.29 is 14.3 Å². The second kappa shape index (κ2) is 8.30. The number of amides is 1. The number of ether oxygens (including phenoxy) is 2. The number of fused-ring (bicyclic) bond motifs is 1. The van der Waals surface area contributed by atoms with Gasteiger partial charge >= 0.3 is 0 Å². The molecule has 0 spiro atoms. The van der Waals surface area contributed by atoms with Gasteiger partial charge in [0, 0.05) is 25.0 Å². The van der Waals surface area contributed by atoms with Crippen molar-refractivity contribution in [1.29, 1.82) is 0 Å². The third-order valence-corrected chi connectivity index (χ3v) is 5.83. The van der Waals surface area contributed by atoms with Crippen molar-refractivity contribution in [3.8, 4) is 11.5 Å². The first-order valence-electron chi connectivity index (χ1n) is 10.2. The normalized spacial score (nSPS) is 25.4. The van der Waals surface area contributed by atoms with E-state index in [1.807, 2.05) is 12.1 Å². The Hall–Kier alpha value is -1.75. The second-order valence-electron chi connectivity index (χ2n) is 7.79. The number of carbonyl (C=O) groups excluding carboxylic acids is 1. The Morgan fingerprint density at radius 2 is 1.77 bits per heavy atom. The Labute approximate surface area is 155 Å². The maximum absolute atomic E-state index is 12.4. The monoisotopic (exact) mass is 358 g/mol. The molecule has 4 rings (SSSR count). The lowest BCUT2D eigenvalue weighted by atomic mass is 10.1. The molecule has 26 heavy (non-hydrogen) atoms. The molecule has 2 aliphatic carbocycles. The van der Waals surface area contributed by atoms with Crippen molar-refractivity contribution in [1.82, 2.24) is 10.6 Å². The van der Waals surface area contributed by atoms with E-state index in [2.05, 4.69) is 16.7 Å². The molecule has 2 N–H and O–H groups in total. The van der Waals surface area contributed by atoms with Gasteiger partial charge in [0.1, 0.15) is 13.2 Å². The van der Waals surface area contributed by atoms with Gasteiger partial charge in [-0.05, 0) is 42.9 Å². The second-order valence-corrected chi connectivity index (χ2v) is 7.79. The average molecular weight is 358 g/mol. The lowest BCUT2D eigenvalue weighted by Crippen LogP contribution is -2.37. The van der Waals surface area contributed by atoms with Gasteiger partial charge in [-0.15, -0.1) is 0 Å². The summed E-state index contributed by atoms with van der Waals surface area (Å²) < 4.78 is 11.2. The van der Waals surface area contributed by atoms with Crippen LogP contribution in [-0.4, -0.2) is 38.3 Å². The number of nitrogens with one attached hydrogen (secondary N) is 2. The van der Waals surface area contributed by atoms with Crippen molar-refractivity contribution in [2.24, 2.45) is 5.92 Å². The van der Waals surface area contributed by atoms with Gasteiger partial charge in [-0.3, -0.25) is 4.79 Å². The number of carbonyl (C=O) groups is 1. The largest absolute Gasteiger partial charge is 0.486 e. The maximum atomic E-state index is 12.4. The molecule has 1 amide bonds. The Bertz CT molecular complexity index is 626. The summed E-state index contributed by atoms with van der Waals surface area (Å²) in [6.45, 7) is 2.80. The fourth-order valence-electron chi connectivity index (χ4n) is 4.22. The summed E-state index contributed by atoms with van der Waals surface area (Å²) in [7, 11) is 0. The van der Waals surface area contributed by atoms with E-state index >= 15 is 0 Å². The summed E-state index contributed by atoms with van der Waals surface area (Å²) in [5.74, 6) is 2.24. The lowest BCUT2D eigenvalue weighted by molar-refractivity contribution is -0.122. The van der Waals surface area contributed by atoms with E-state index in [-0.39, 0.29) is 11.8 Å². The van der Waals surface area contributed by atoms with Gasteiger partial charge in [0.05, 0.1) is 0 Å². The minimum atomic E-state index is 0.107. The molecular weight excluding hydrogens is 328 g/mol. The Morgan fingerprint density at radius 1 is 1.00 bits per heavy atom. The van der Waals surface area contributed by atoms with Crippen LogP contribution in [0.1, 0.15) is 56.4 Å². The van der Waals surface area contributed by atoms with Crippen LogP contribution in [0.3, 0.4) is 0 Å². The molecule has 5 nitrogen and oxygen atoms in total. The molecule has 5 heteroatoms. The topological polar surface area (TPSA) is 59.6 Å². The van der Waals surface area contributed by atoms with E-state index < -0.39 is 0 Å². The molecule has 1 heterocycles. The predicted octanol–water partition coefficient (Wildman–Crippen LogP) is 2.99. The molecule has 2 saturated carbocycles. The first kappa shape index (κ1) is 17.7. The van der Waals surface area contributed by atoms with Gasteiger partial charge < -0.3 is 20.1 Å². The molecular formula is C21H30N2O3. The number of hydrogen-bond acceptors (Lipinski definition) is 4. The number of benzene rings is 1. The van der Waals surface area contributed by atoms with Crippen molar-refractivity contribution >= 4 is 5.91 Å². The number of hydrogen-bond donors (Lipinski definition) is 2. The van der Waals surface area contributed by atoms with Gasteiger partial charge in [-0.25, -0.2) is 0 Å². The fraction of sp³-hybridized carbons (Fsp3) is 0.667. The van der Waals surface area contributed by atoms with Gasteiger partial charge in [-0.2, -0.15) is 0 Å². The first-order valence-corrected chi connectivity index (χ1v) is 10.2. The molecule has 1 aliphatic heterocycles. The van der Waals surface area contributed by atoms with E-state index in [4.69, 9.17) is 9.47 Å². The minimum absolute atomic E-state index is 0.107. The molecule has 3 aliphatic rings. The summed E-state index contributed by atoms with van der Waals surface area (Å²) in [6.07, 6.45) is 8.91. The third-order valence-electron chi connectivity index (χ3n) is 5.83. The SMILES string of the molecule is O=C(NCCNC1CCCCCC1)C1CC1c1ccc2c(c1)OCCO2. The standard InChI is InChI=1S/C21H30N2O3/c24-21(23-10-9-22-16-5-3-1-2-4-6-16)18-14-17(18)15-7-8-19-20(13-15)26-12-11-25-19/h7-8,13,16-18,22H,1-6,9-12,14H2,(H,23,24). The molecule has 1 aromatic rings. The van der Waals surface area contributed by atoms with Gasteiger partial charge in [0.2, 0.25) is 5.91 Å². The van der Waals surface area contributed by atoms with Gasteiger partial charge in [0.25, 0.3) is 0 Å². The molecule has 0 bridgehead atoms. The van der Waals surface area contributed by atoms with Gasteiger partial charge in [0.15, 0.2) is 11.5 Å². The van der Waals surface area contributed by atoms with Crippen LogP contribution < -0.4 is 20.1 Å². The predicted molar refractivity (Wildman–Crippen MR) is 101 cm³/mol. The van der Waals surface area contributed by atoms with Crippen molar-refractivity contribution in [2.45, 2.75) is 56.9 Å². The summed E-state index contributed by atoms with van der Waals surface area (Å²) >= 11 is 0. The van der Waals surface area contributed by atoms with Crippen molar-refractivity contribution in [3.63, 3.8) is 0 Å². The van der Waals surface area contributed by atoms with Crippen LogP contribution in [0.5, 0.6) is 11.5 Å². The van der Waals surface area contributed by atoms with Gasteiger partial charge in [-0.1, -0.05) is 31.7 Å². The lowest BCUT2D eigenvalue weighted by Gasteiger charge is -2.19. The Kier molecular flexibility index (Phi) is 5.63. The first-order chi connectivity index (χ1) is 12.8. The molecule has 2 unspecified atom stereocenters. The van der Waals surface area contributed by atoms with Crippen LogP contribution in [0.2, 0.25) is 0 Å². The maximum Gasteiger partial charge on any atom is 0.223 e. The van der Waals surface area contributed by atoms with Crippen LogP contribution in [-0.2, 0) is 4.79 Å². The number of rotatable bonds is 6. The Morgan fingerprint density at radius 3 is 2.58 bits per heavy atom. The average Bonchev–Trinajstić information content (AvgIpc) is 3.49. The van der Waals surface area contributed by atoms with E-state index in [1.54, 1.807) is 0 Å². The summed E-state index contributed by atoms with van der Waals surface area (Å²) in [6, 6.07) is 6.72. The summed E-state index contributed by atoms with van der Waals surface area (Å²) in [5.41, 5.74) is 1.19. The van der Waals surface area contributed by atoms with Crippen LogP contribution >= 0.6 is 0 Å². The molecule has 142 valence electrons. The summed E-state index contributed by atoms with van der Waals surface area (Å²) in [5, 5.41) is 6.71. The van der Waals surface area contributed by atoms with Crippen LogP contribution in [0, 0.1) is 5.92 Å². The molecule has 2 atom stereocenters. The van der Waals surface area contributed by atoms with E-state index in [0.29, 0.717) is 25.2 Å². The smallest absolute Gasteiger partial charge is 0.223 e. The minimum Gasteiger partial charge on any atom is -0.486 e. The highest BCUT2D eigenvalue weighted by Gasteiger charge is 2.44. The molecule has 1 aromatic carbocycles. The highest BCUT2D eigenvalue weighted by Crippen LogP contribution is 2.49. The molecule has 0 saturated heterocycles. The highest BCUT2D eigenvalue weighted by molar-refractivity contribution is 5.83. The molecule has 0 radical (unpaired) electrons. The zero-order valence-corrected chi connectivity index (χ0v) is 15.5. The highest BCUT2D eigenvalue weighted by atomic mass is 16.6. The molecule has 2 fully saturated rings. The third kappa shape index (κ3) is 4.32. The summed E-state index contributed by atoms with van der Waals surface area (Å²) in [4.78, 5) is 12.4. The zero-order valence-electron chi connectivity index (χ0n) is 15.5. The fourth-order valence-corrected chi connectivity index (χ4v) is 4.22. The van der Waals surface area contributed by atoms with Crippen LogP contribution in [0.15, 0.2) is 18.2 Å². The van der Waals surface area contributed by atoms with E-state index in [0.717, 1.165) is 31.0 Å². The van der Waals surface area contributed by atoms with Crippen LogP contribution in [0.4, 0.5) is 0 Å². The molecule has 0 aromatic heterocycles. The van der Waals surface area contributed by atoms with Crippen molar-refractivity contribution in [3.05, 3.63) is 23.8 Å². The van der Waals surface area contributed by atoms with E-state index in [9.17, 15) is 4.79 Å². The quantitative estimate of drug-likeness (QED) is 0.606.